The first kappa shape index (κ1) is 14.9. The van der Waals surface area contributed by atoms with Crippen LogP contribution in [0.1, 0.15) is 22.8 Å². The highest BCUT2D eigenvalue weighted by molar-refractivity contribution is 5.99. The Morgan fingerprint density at radius 2 is 1.87 bits per heavy atom. The van der Waals surface area contributed by atoms with Gasteiger partial charge in [-0.1, -0.05) is 6.07 Å². The first-order chi connectivity index (χ1) is 11.1. The number of nitrogens with one attached hydrogen (secondary N) is 1. The van der Waals surface area contributed by atoms with Gasteiger partial charge in [0.1, 0.15) is 13.2 Å². The maximum absolute atomic E-state index is 11.0. The molecule has 0 saturated heterocycles. The number of hydrogen-bond donors (Lipinski definition) is 2. The molecule has 2 N–H and O–H groups in total. The van der Waals surface area contributed by atoms with Crippen LogP contribution in [0.3, 0.4) is 0 Å². The molecule has 0 aliphatic carbocycles. The average Bonchev–Trinajstić information content (AvgIpc) is 2.59. The highest BCUT2D eigenvalue weighted by Crippen LogP contribution is 2.30. The Balaban J connectivity index is 1.77. The summed E-state index contributed by atoms with van der Waals surface area (Å²) in [6.45, 7) is 2.95. The number of ether oxygens (including phenoxy) is 2. The Morgan fingerprint density at radius 3 is 2.65 bits per heavy atom. The minimum absolute atomic E-state index is 0.210. The molecule has 1 heterocycles. The average molecular weight is 312 g/mol. The van der Waals surface area contributed by atoms with Crippen LogP contribution in [-0.2, 0) is 0 Å². The van der Waals surface area contributed by atoms with Gasteiger partial charge in [0, 0.05) is 5.56 Å². The van der Waals surface area contributed by atoms with Gasteiger partial charge in [0.15, 0.2) is 11.5 Å². The van der Waals surface area contributed by atoms with E-state index in [4.69, 9.17) is 14.6 Å². The molecule has 118 valence electrons. The van der Waals surface area contributed by atoms with E-state index in [9.17, 15) is 4.79 Å². The van der Waals surface area contributed by atoms with Crippen molar-refractivity contribution in [3.05, 3.63) is 53.6 Å². The van der Waals surface area contributed by atoms with Crippen molar-refractivity contribution in [3.8, 4) is 11.5 Å². The molecule has 0 aromatic heterocycles. The van der Waals surface area contributed by atoms with Crippen LogP contribution in [0.15, 0.2) is 47.6 Å². The predicted molar refractivity (Wildman–Crippen MR) is 86.7 cm³/mol. The molecule has 0 unspecified atom stereocenters. The summed E-state index contributed by atoms with van der Waals surface area (Å²) in [6, 6.07) is 12.1. The van der Waals surface area contributed by atoms with Gasteiger partial charge in [-0.2, -0.15) is 5.10 Å². The molecule has 0 amide bonds. The van der Waals surface area contributed by atoms with Crippen LogP contribution in [0.4, 0.5) is 5.69 Å². The zero-order valence-corrected chi connectivity index (χ0v) is 12.6. The molecule has 23 heavy (non-hydrogen) atoms. The van der Waals surface area contributed by atoms with Crippen LogP contribution < -0.4 is 14.9 Å². The van der Waals surface area contributed by atoms with Crippen molar-refractivity contribution in [3.63, 3.8) is 0 Å². The molecule has 0 spiro atoms. The number of nitrogens with zero attached hydrogens (tertiary/aromatic N) is 1. The number of benzene rings is 2. The zero-order valence-electron chi connectivity index (χ0n) is 12.6. The second kappa shape index (κ2) is 6.39. The van der Waals surface area contributed by atoms with Crippen LogP contribution in [0.2, 0.25) is 0 Å². The largest absolute Gasteiger partial charge is 0.486 e. The van der Waals surface area contributed by atoms with Crippen LogP contribution >= 0.6 is 0 Å². The van der Waals surface area contributed by atoms with Gasteiger partial charge in [-0.25, -0.2) is 4.79 Å². The van der Waals surface area contributed by atoms with E-state index in [-0.39, 0.29) is 5.56 Å². The van der Waals surface area contributed by atoms with E-state index >= 15 is 0 Å². The number of hydrazone groups is 1. The van der Waals surface area contributed by atoms with E-state index in [0.717, 1.165) is 17.0 Å². The van der Waals surface area contributed by atoms with E-state index < -0.39 is 5.97 Å². The molecule has 3 rings (SSSR count). The molecular weight excluding hydrogens is 296 g/mol. The van der Waals surface area contributed by atoms with Gasteiger partial charge >= 0.3 is 5.97 Å². The topological polar surface area (TPSA) is 80.2 Å². The highest BCUT2D eigenvalue weighted by Gasteiger charge is 2.12. The summed E-state index contributed by atoms with van der Waals surface area (Å²) in [5.41, 5.74) is 5.35. The van der Waals surface area contributed by atoms with E-state index in [0.29, 0.717) is 24.7 Å². The third kappa shape index (κ3) is 3.42. The summed E-state index contributed by atoms with van der Waals surface area (Å²) in [4.78, 5) is 11.0. The number of fused-ring (bicyclic) bond motifs is 1. The number of carboxylic acid groups (broad SMARTS) is 1. The van der Waals surface area contributed by atoms with Gasteiger partial charge in [0.2, 0.25) is 0 Å². The quantitative estimate of drug-likeness (QED) is 0.670. The third-order valence-electron chi connectivity index (χ3n) is 3.42. The fraction of sp³-hybridized carbons (Fsp3) is 0.176. The molecule has 0 fully saturated rings. The lowest BCUT2D eigenvalue weighted by Gasteiger charge is -2.18. The Bertz CT molecular complexity index is 771. The number of carboxylic acids is 1. The van der Waals surface area contributed by atoms with E-state index in [1.54, 1.807) is 12.1 Å². The van der Waals surface area contributed by atoms with Crippen LogP contribution in [0.25, 0.3) is 0 Å². The smallest absolute Gasteiger partial charge is 0.335 e. The fourth-order valence-corrected chi connectivity index (χ4v) is 2.20. The zero-order chi connectivity index (χ0) is 16.2. The minimum Gasteiger partial charge on any atom is -0.486 e. The molecule has 0 saturated carbocycles. The van der Waals surface area contributed by atoms with Gasteiger partial charge in [0.25, 0.3) is 0 Å². The van der Waals surface area contributed by atoms with Crippen molar-refractivity contribution in [2.75, 3.05) is 18.6 Å². The first-order valence-corrected chi connectivity index (χ1v) is 7.17. The summed E-state index contributed by atoms with van der Waals surface area (Å²) < 4.78 is 11.0. The maximum Gasteiger partial charge on any atom is 0.335 e. The monoisotopic (exact) mass is 312 g/mol. The predicted octanol–water partition coefficient (Wildman–Crippen LogP) is 2.99. The Labute approximate surface area is 133 Å². The summed E-state index contributed by atoms with van der Waals surface area (Å²) in [6.07, 6.45) is 0. The number of anilines is 1. The maximum atomic E-state index is 11.0. The number of aromatic carboxylic acids is 1. The van der Waals surface area contributed by atoms with Crippen LogP contribution in [0, 0.1) is 0 Å². The van der Waals surface area contributed by atoms with E-state index in [1.807, 2.05) is 25.1 Å². The van der Waals surface area contributed by atoms with Crippen LogP contribution in [-0.4, -0.2) is 30.0 Å². The molecule has 2 aromatic rings. The minimum atomic E-state index is -0.971. The van der Waals surface area contributed by atoms with Crippen molar-refractivity contribution >= 4 is 17.4 Å². The van der Waals surface area contributed by atoms with Gasteiger partial charge in [-0.15, -0.1) is 0 Å². The molecule has 0 bridgehead atoms. The van der Waals surface area contributed by atoms with E-state index in [1.165, 1.54) is 12.1 Å². The van der Waals surface area contributed by atoms with Crippen molar-refractivity contribution in [1.82, 2.24) is 0 Å². The van der Waals surface area contributed by atoms with Crippen molar-refractivity contribution < 1.29 is 19.4 Å². The van der Waals surface area contributed by atoms with Gasteiger partial charge in [-0.3, -0.25) is 5.43 Å². The van der Waals surface area contributed by atoms with Gasteiger partial charge < -0.3 is 14.6 Å². The molecule has 6 nitrogen and oxygen atoms in total. The number of carbonyl (C=O) groups is 1. The van der Waals surface area contributed by atoms with Gasteiger partial charge in [0.05, 0.1) is 17.0 Å². The Kier molecular flexibility index (Phi) is 4.14. The molecule has 0 atom stereocenters. The number of hydrogen-bond acceptors (Lipinski definition) is 5. The summed E-state index contributed by atoms with van der Waals surface area (Å²) >= 11 is 0. The normalized spacial score (nSPS) is 13.5. The van der Waals surface area contributed by atoms with Gasteiger partial charge in [-0.05, 0) is 43.3 Å². The first-order valence-electron chi connectivity index (χ1n) is 7.17. The second-order valence-corrected chi connectivity index (χ2v) is 5.05. The van der Waals surface area contributed by atoms with Crippen molar-refractivity contribution in [2.45, 2.75) is 6.92 Å². The number of rotatable bonds is 4. The highest BCUT2D eigenvalue weighted by atomic mass is 16.6. The second-order valence-electron chi connectivity index (χ2n) is 5.05. The van der Waals surface area contributed by atoms with E-state index in [2.05, 4.69) is 10.5 Å². The van der Waals surface area contributed by atoms with Crippen molar-refractivity contribution in [1.29, 1.82) is 0 Å². The summed E-state index contributed by atoms with van der Waals surface area (Å²) in [5, 5.41) is 13.3. The standard InChI is InChI=1S/C17H16N2O4/c1-11(12-5-6-15-16(10-12)23-8-7-22-15)18-19-14-4-2-3-13(9-14)17(20)21/h2-6,9-10,19H,7-8H2,1H3,(H,20,21)/b18-11-. The Morgan fingerprint density at radius 1 is 1.09 bits per heavy atom. The van der Waals surface area contributed by atoms with Crippen molar-refractivity contribution in [2.24, 2.45) is 5.10 Å². The fourth-order valence-electron chi connectivity index (χ4n) is 2.20. The van der Waals surface area contributed by atoms with Crippen LogP contribution in [0.5, 0.6) is 11.5 Å². The third-order valence-corrected chi connectivity index (χ3v) is 3.42. The Hall–Kier alpha value is -3.02. The molecule has 0 radical (unpaired) electrons. The summed E-state index contributed by atoms with van der Waals surface area (Å²) in [7, 11) is 0. The lowest BCUT2D eigenvalue weighted by molar-refractivity contribution is 0.0697. The SMILES string of the molecule is C/C(=N/Nc1cccc(C(=O)O)c1)c1ccc2c(c1)OCCO2. The molecule has 1 aliphatic rings. The molecule has 2 aromatic carbocycles. The lowest BCUT2D eigenvalue weighted by atomic mass is 10.1. The molecule has 6 heteroatoms. The summed E-state index contributed by atoms with van der Waals surface area (Å²) in [5.74, 6) is 0.465. The molecular formula is C17H16N2O4. The lowest BCUT2D eigenvalue weighted by Crippen LogP contribution is -2.15. The molecule has 1 aliphatic heterocycles.